The van der Waals surface area contributed by atoms with E-state index in [0.29, 0.717) is 18.8 Å². The van der Waals surface area contributed by atoms with Gasteiger partial charge in [0.25, 0.3) is 0 Å². The Kier molecular flexibility index (Phi) is 4.72. The molecule has 1 aromatic rings. The molecule has 2 bridgehead atoms. The van der Waals surface area contributed by atoms with Crippen LogP contribution < -0.4 is 9.47 Å². The zero-order valence-corrected chi connectivity index (χ0v) is 13.5. The van der Waals surface area contributed by atoms with Gasteiger partial charge >= 0.3 is 0 Å². The molecule has 2 saturated carbocycles. The molecule has 0 spiro atoms. The molecule has 0 saturated heterocycles. The fraction of sp³-hybridized carbons (Fsp3) is 0.579. The van der Waals surface area contributed by atoms with E-state index in [1.807, 2.05) is 18.2 Å². The molecule has 23 heavy (non-hydrogen) atoms. The van der Waals surface area contributed by atoms with Crippen LogP contribution in [0.1, 0.15) is 50.0 Å². The smallest absolute Gasteiger partial charge is 0.161 e. The van der Waals surface area contributed by atoms with Gasteiger partial charge in [-0.1, -0.05) is 6.07 Å². The molecule has 4 nitrogen and oxygen atoms in total. The average molecular weight is 310 g/mol. The fourth-order valence-electron chi connectivity index (χ4n) is 4.06. The Morgan fingerprint density at radius 2 is 1.91 bits per heavy atom. The van der Waals surface area contributed by atoms with Gasteiger partial charge in [-0.3, -0.25) is 0 Å². The normalized spacial score (nSPS) is 25.1. The summed E-state index contributed by atoms with van der Waals surface area (Å²) in [5.41, 5.74) is 0.979. The van der Waals surface area contributed by atoms with Gasteiger partial charge in [-0.15, -0.1) is 0 Å². The van der Waals surface area contributed by atoms with Gasteiger partial charge in [0.05, 0.1) is 19.2 Å². The van der Waals surface area contributed by atoms with Crippen LogP contribution in [0.5, 0.6) is 11.5 Å². The molecule has 0 aromatic heterocycles. The molecular weight excluding hydrogens is 288 g/mol. The van der Waals surface area contributed by atoms with Crippen molar-refractivity contribution in [3.05, 3.63) is 23.8 Å². The average Bonchev–Trinajstić information content (AvgIpc) is 3.17. The van der Waals surface area contributed by atoms with Gasteiger partial charge < -0.3 is 9.47 Å². The minimum atomic E-state index is -0.0710. The Hall–Kier alpha value is -2.20. The van der Waals surface area contributed by atoms with E-state index in [1.54, 1.807) is 7.11 Å². The first kappa shape index (κ1) is 15.7. The Morgan fingerprint density at radius 3 is 2.48 bits per heavy atom. The molecule has 0 N–H and O–H groups in total. The highest BCUT2D eigenvalue weighted by Gasteiger charge is 2.41. The van der Waals surface area contributed by atoms with Gasteiger partial charge in [0.15, 0.2) is 11.5 Å². The SMILES string of the molecule is COc1ccc(C(CC#N)CC#N)cc1O[C@H]1C[C@H]2CC[C@H]1C2. The quantitative estimate of drug-likeness (QED) is 0.790. The third kappa shape index (κ3) is 3.27. The van der Waals surface area contributed by atoms with Gasteiger partial charge in [-0.05, 0) is 55.2 Å². The lowest BCUT2D eigenvalue weighted by Gasteiger charge is -2.25. The van der Waals surface area contributed by atoms with Crippen molar-refractivity contribution in [3.63, 3.8) is 0 Å². The van der Waals surface area contributed by atoms with E-state index in [4.69, 9.17) is 20.0 Å². The third-order valence-electron chi connectivity index (χ3n) is 5.29. The predicted octanol–water partition coefficient (Wildman–Crippen LogP) is 4.17. The van der Waals surface area contributed by atoms with Crippen molar-refractivity contribution >= 4 is 0 Å². The Labute approximate surface area is 137 Å². The number of fused-ring (bicyclic) bond motifs is 2. The number of ether oxygens (including phenoxy) is 2. The molecule has 2 aliphatic rings. The van der Waals surface area contributed by atoms with Crippen molar-refractivity contribution in [1.29, 1.82) is 10.5 Å². The Balaban J connectivity index is 1.81. The van der Waals surface area contributed by atoms with Crippen LogP contribution >= 0.6 is 0 Å². The van der Waals surface area contributed by atoms with E-state index in [2.05, 4.69) is 12.1 Å². The molecular formula is C19H22N2O2. The summed E-state index contributed by atoms with van der Waals surface area (Å²) in [5.74, 6) is 2.90. The molecule has 0 unspecified atom stereocenters. The molecule has 120 valence electrons. The summed E-state index contributed by atoms with van der Waals surface area (Å²) in [7, 11) is 1.64. The van der Waals surface area contributed by atoms with Gasteiger partial charge in [-0.25, -0.2) is 0 Å². The van der Waals surface area contributed by atoms with Gasteiger partial charge in [-0.2, -0.15) is 10.5 Å². The maximum atomic E-state index is 8.98. The molecule has 0 heterocycles. The zero-order chi connectivity index (χ0) is 16.2. The number of hydrogen-bond donors (Lipinski definition) is 0. The number of nitrogens with zero attached hydrogens (tertiary/aromatic N) is 2. The standard InChI is InChI=1S/C19H22N2O2/c1-22-17-5-4-15(14(6-8-20)7-9-21)12-19(17)23-18-11-13-2-3-16(18)10-13/h4-5,12-14,16,18H,2-3,6-7,10-11H2,1H3/t13-,16-,18-/m0/s1. The summed E-state index contributed by atoms with van der Waals surface area (Å²) < 4.78 is 11.7. The molecule has 4 heteroatoms. The lowest BCUT2D eigenvalue weighted by atomic mass is 9.93. The largest absolute Gasteiger partial charge is 0.493 e. The number of rotatable bonds is 6. The van der Waals surface area contributed by atoms with Gasteiger partial charge in [0.1, 0.15) is 6.10 Å². The van der Waals surface area contributed by atoms with E-state index in [0.717, 1.165) is 29.4 Å². The first-order valence-electron chi connectivity index (χ1n) is 8.33. The summed E-state index contributed by atoms with van der Waals surface area (Å²) in [6.07, 6.45) is 6.00. The molecule has 2 fully saturated rings. The highest BCUT2D eigenvalue weighted by Crippen LogP contribution is 2.47. The van der Waals surface area contributed by atoms with Crippen molar-refractivity contribution < 1.29 is 9.47 Å². The van der Waals surface area contributed by atoms with Crippen LogP contribution in [0.4, 0.5) is 0 Å². The zero-order valence-electron chi connectivity index (χ0n) is 13.5. The van der Waals surface area contributed by atoms with E-state index in [1.165, 1.54) is 19.3 Å². The van der Waals surface area contributed by atoms with Gasteiger partial charge in [0.2, 0.25) is 0 Å². The Bertz CT molecular complexity index is 628. The lowest BCUT2D eigenvalue weighted by Crippen LogP contribution is -2.23. The van der Waals surface area contributed by atoms with E-state index >= 15 is 0 Å². The minimum Gasteiger partial charge on any atom is -0.493 e. The molecule has 0 aliphatic heterocycles. The topological polar surface area (TPSA) is 66.0 Å². The van der Waals surface area contributed by atoms with Gasteiger partial charge in [0, 0.05) is 18.8 Å². The number of nitriles is 2. The van der Waals surface area contributed by atoms with Crippen molar-refractivity contribution in [2.45, 2.75) is 50.5 Å². The van der Waals surface area contributed by atoms with Crippen LogP contribution in [0, 0.1) is 34.5 Å². The van der Waals surface area contributed by atoms with Crippen LogP contribution in [0.25, 0.3) is 0 Å². The number of methoxy groups -OCH3 is 1. The van der Waals surface area contributed by atoms with Crippen LogP contribution in [0.3, 0.4) is 0 Å². The van der Waals surface area contributed by atoms with Crippen LogP contribution in [0.15, 0.2) is 18.2 Å². The first-order chi connectivity index (χ1) is 11.2. The number of benzene rings is 1. The van der Waals surface area contributed by atoms with E-state index in [9.17, 15) is 0 Å². The second-order valence-corrected chi connectivity index (χ2v) is 6.66. The third-order valence-corrected chi connectivity index (χ3v) is 5.29. The molecule has 3 atom stereocenters. The molecule has 2 aliphatic carbocycles. The van der Waals surface area contributed by atoms with Crippen molar-refractivity contribution in [2.24, 2.45) is 11.8 Å². The molecule has 0 amide bonds. The van der Waals surface area contributed by atoms with Crippen LogP contribution in [0.2, 0.25) is 0 Å². The van der Waals surface area contributed by atoms with E-state index < -0.39 is 0 Å². The van der Waals surface area contributed by atoms with Crippen LogP contribution in [-0.4, -0.2) is 13.2 Å². The van der Waals surface area contributed by atoms with Crippen molar-refractivity contribution in [2.75, 3.05) is 7.11 Å². The highest BCUT2D eigenvalue weighted by atomic mass is 16.5. The van der Waals surface area contributed by atoms with Crippen molar-refractivity contribution in [3.8, 4) is 23.6 Å². The minimum absolute atomic E-state index is 0.0710. The number of hydrogen-bond acceptors (Lipinski definition) is 4. The van der Waals surface area contributed by atoms with Crippen LogP contribution in [-0.2, 0) is 0 Å². The maximum absolute atomic E-state index is 8.98. The lowest BCUT2D eigenvalue weighted by molar-refractivity contribution is 0.133. The predicted molar refractivity (Wildman–Crippen MR) is 86.1 cm³/mol. The summed E-state index contributed by atoms with van der Waals surface area (Å²) >= 11 is 0. The monoisotopic (exact) mass is 310 g/mol. The van der Waals surface area contributed by atoms with Crippen molar-refractivity contribution in [1.82, 2.24) is 0 Å². The summed E-state index contributed by atoms with van der Waals surface area (Å²) in [5, 5.41) is 18.0. The highest BCUT2D eigenvalue weighted by molar-refractivity contribution is 5.44. The van der Waals surface area contributed by atoms with E-state index in [-0.39, 0.29) is 12.0 Å². The summed E-state index contributed by atoms with van der Waals surface area (Å²) in [6.45, 7) is 0. The summed E-state index contributed by atoms with van der Waals surface area (Å²) in [6, 6.07) is 10.1. The maximum Gasteiger partial charge on any atom is 0.161 e. The fourth-order valence-corrected chi connectivity index (χ4v) is 4.06. The second-order valence-electron chi connectivity index (χ2n) is 6.66. The Morgan fingerprint density at radius 1 is 1.13 bits per heavy atom. The first-order valence-corrected chi connectivity index (χ1v) is 8.33. The molecule has 1 aromatic carbocycles. The molecule has 0 radical (unpaired) electrons. The summed E-state index contributed by atoms with van der Waals surface area (Å²) in [4.78, 5) is 0. The molecule has 3 rings (SSSR count). The second kappa shape index (κ2) is 6.92.